The molecule has 0 aliphatic carbocycles. The van der Waals surface area contributed by atoms with Crippen molar-refractivity contribution in [2.24, 2.45) is 0 Å². The highest BCUT2D eigenvalue weighted by Gasteiger charge is 2.06. The first-order valence-electron chi connectivity index (χ1n) is 3.24. The monoisotopic (exact) mass is 133 g/mol. The minimum absolute atomic E-state index is 0.410. The molecule has 0 aliphatic heterocycles. The molecule has 0 spiro atoms. The van der Waals surface area contributed by atoms with Crippen LogP contribution in [-0.4, -0.2) is 26.3 Å². The lowest BCUT2D eigenvalue weighted by Crippen LogP contribution is -2.12. The van der Waals surface area contributed by atoms with E-state index in [0.29, 0.717) is 0 Å². The molecule has 0 heterocycles. The molecule has 0 saturated heterocycles. The number of hydrogen-bond acceptors (Lipinski definition) is 3. The lowest BCUT2D eigenvalue weighted by atomic mass is 10.3. The van der Waals surface area contributed by atoms with Gasteiger partial charge >= 0.3 is 5.97 Å². The van der Waals surface area contributed by atoms with Gasteiger partial charge in [-0.05, 0) is 6.92 Å². The van der Waals surface area contributed by atoms with Gasteiger partial charge in [-0.15, -0.1) is 0 Å². The van der Waals surface area contributed by atoms with Crippen LogP contribution in [0.2, 0.25) is 0 Å². The fourth-order valence-corrected chi connectivity index (χ4v) is 0.328. The van der Waals surface area contributed by atoms with Gasteiger partial charge in [-0.1, -0.05) is 0 Å². The molecule has 54 valence electrons. The summed E-state index contributed by atoms with van der Waals surface area (Å²) < 4.78 is 16.3. The van der Waals surface area contributed by atoms with Gasteiger partial charge in [0, 0.05) is 8.48 Å². The SMILES string of the molecule is [2H][C@H](C(=O)OC)[C@@H](C)OC. The van der Waals surface area contributed by atoms with Crippen molar-refractivity contribution in [3.8, 4) is 0 Å². The summed E-state index contributed by atoms with van der Waals surface area (Å²) in [5, 5.41) is 0. The number of rotatable bonds is 3. The van der Waals surface area contributed by atoms with Crippen LogP contribution < -0.4 is 0 Å². The molecule has 0 aromatic heterocycles. The minimum Gasteiger partial charge on any atom is -0.469 e. The van der Waals surface area contributed by atoms with Gasteiger partial charge in [0.1, 0.15) is 0 Å². The Kier molecular flexibility index (Phi) is 3.15. The van der Waals surface area contributed by atoms with Crippen LogP contribution in [-0.2, 0) is 14.3 Å². The highest BCUT2D eigenvalue weighted by molar-refractivity contribution is 5.69. The van der Waals surface area contributed by atoms with E-state index in [1.165, 1.54) is 14.2 Å². The Morgan fingerprint density at radius 3 is 2.67 bits per heavy atom. The first-order valence-corrected chi connectivity index (χ1v) is 2.66. The van der Waals surface area contributed by atoms with E-state index < -0.39 is 18.5 Å². The van der Waals surface area contributed by atoms with Gasteiger partial charge in [0.05, 0.1) is 19.6 Å². The van der Waals surface area contributed by atoms with Crippen LogP contribution in [0.15, 0.2) is 0 Å². The van der Waals surface area contributed by atoms with Gasteiger partial charge in [0.25, 0.3) is 0 Å². The molecule has 0 aromatic carbocycles. The van der Waals surface area contributed by atoms with Crippen LogP contribution >= 0.6 is 0 Å². The standard InChI is InChI=1S/C6H12O3/c1-5(8-2)4-6(7)9-3/h5H,4H2,1-3H3/t5-/m1/s1/i4D/t4-,5+/m0. The van der Waals surface area contributed by atoms with Gasteiger partial charge in [-0.25, -0.2) is 0 Å². The number of esters is 1. The Labute approximate surface area is 56.4 Å². The van der Waals surface area contributed by atoms with E-state index in [9.17, 15) is 4.79 Å². The molecule has 0 fully saturated rings. The summed E-state index contributed by atoms with van der Waals surface area (Å²) >= 11 is 0. The van der Waals surface area contributed by atoms with Gasteiger partial charge in [-0.2, -0.15) is 0 Å². The molecule has 3 nitrogen and oxygen atoms in total. The second-order valence-corrected chi connectivity index (χ2v) is 1.63. The number of carbonyl (C=O) groups is 1. The van der Waals surface area contributed by atoms with Gasteiger partial charge in [0.15, 0.2) is 0 Å². The topological polar surface area (TPSA) is 35.5 Å². The third-order valence-electron chi connectivity index (χ3n) is 0.944. The summed E-state index contributed by atoms with van der Waals surface area (Å²) in [6, 6.07) is 0. The molecule has 0 N–H and O–H groups in total. The highest BCUT2D eigenvalue weighted by Crippen LogP contribution is 1.95. The van der Waals surface area contributed by atoms with E-state index in [1.54, 1.807) is 6.92 Å². The second kappa shape index (κ2) is 4.32. The van der Waals surface area contributed by atoms with E-state index in [4.69, 9.17) is 6.11 Å². The quantitative estimate of drug-likeness (QED) is 0.528. The molecule has 0 saturated carbocycles. The molecule has 0 bridgehead atoms. The van der Waals surface area contributed by atoms with Crippen molar-refractivity contribution >= 4 is 5.97 Å². The van der Waals surface area contributed by atoms with Crippen molar-refractivity contribution in [1.82, 2.24) is 0 Å². The lowest BCUT2D eigenvalue weighted by Gasteiger charge is -2.05. The molecule has 0 radical (unpaired) electrons. The summed E-state index contributed by atoms with van der Waals surface area (Å²) in [7, 11) is 2.71. The molecule has 3 heteroatoms. The highest BCUT2D eigenvalue weighted by atomic mass is 16.5. The number of methoxy groups -OCH3 is 2. The van der Waals surface area contributed by atoms with Crippen LogP contribution in [0.25, 0.3) is 0 Å². The van der Waals surface area contributed by atoms with Gasteiger partial charge in [-0.3, -0.25) is 4.79 Å². The molecular formula is C6H12O3. The minimum atomic E-state index is -0.935. The number of ether oxygens (including phenoxy) is 2. The first-order chi connectivity index (χ1) is 4.63. The molecule has 9 heavy (non-hydrogen) atoms. The molecule has 0 aromatic rings. The summed E-state index contributed by atoms with van der Waals surface area (Å²) in [4.78, 5) is 10.6. The summed E-state index contributed by atoms with van der Waals surface area (Å²) in [6.45, 7) is 1.65. The van der Waals surface area contributed by atoms with Crippen molar-refractivity contribution in [2.75, 3.05) is 14.2 Å². The van der Waals surface area contributed by atoms with Crippen LogP contribution in [0.5, 0.6) is 0 Å². The summed E-state index contributed by atoms with van der Waals surface area (Å²) in [5.41, 5.74) is 0. The lowest BCUT2D eigenvalue weighted by molar-refractivity contribution is -0.143. The number of hydrogen-bond donors (Lipinski definition) is 0. The predicted molar refractivity (Wildman–Crippen MR) is 33.1 cm³/mol. The molecule has 0 rings (SSSR count). The Morgan fingerprint density at radius 2 is 2.33 bits per heavy atom. The van der Waals surface area contributed by atoms with E-state index >= 15 is 0 Å². The molecule has 0 amide bonds. The average Bonchev–Trinajstić information content (AvgIpc) is 2.00. The molecule has 0 aliphatic rings. The fourth-order valence-electron chi connectivity index (χ4n) is 0.328. The Morgan fingerprint density at radius 1 is 1.78 bits per heavy atom. The maximum Gasteiger partial charge on any atom is 0.308 e. The third kappa shape index (κ3) is 3.97. The summed E-state index contributed by atoms with van der Waals surface area (Å²) in [5.74, 6) is -0.561. The zero-order valence-corrected chi connectivity index (χ0v) is 5.88. The van der Waals surface area contributed by atoms with Crippen LogP contribution in [0.4, 0.5) is 0 Å². The predicted octanol–water partition coefficient (Wildman–Crippen LogP) is 0.584. The van der Waals surface area contributed by atoms with Gasteiger partial charge < -0.3 is 9.47 Å². The second-order valence-electron chi connectivity index (χ2n) is 1.63. The van der Waals surface area contributed by atoms with Crippen molar-refractivity contribution in [3.63, 3.8) is 0 Å². The largest absolute Gasteiger partial charge is 0.469 e. The Balaban J connectivity index is 3.81. The smallest absolute Gasteiger partial charge is 0.308 e. The molecule has 2 atom stereocenters. The van der Waals surface area contributed by atoms with E-state index in [1.807, 2.05) is 0 Å². The first kappa shape index (κ1) is 6.55. The third-order valence-corrected chi connectivity index (χ3v) is 0.944. The van der Waals surface area contributed by atoms with Gasteiger partial charge in [0.2, 0.25) is 0 Å². The van der Waals surface area contributed by atoms with Crippen molar-refractivity contribution < 1.29 is 15.6 Å². The number of carbonyl (C=O) groups excluding carboxylic acids is 1. The Hall–Kier alpha value is -0.570. The molecule has 0 unspecified atom stereocenters. The van der Waals surface area contributed by atoms with Crippen LogP contribution in [0, 0.1) is 0 Å². The maximum atomic E-state index is 10.6. The van der Waals surface area contributed by atoms with Crippen LogP contribution in [0.1, 0.15) is 14.7 Å². The Bertz CT molecular complexity index is 116. The zero-order chi connectivity index (χ0) is 8.15. The fraction of sp³-hybridized carbons (Fsp3) is 0.833. The van der Waals surface area contributed by atoms with E-state index in [0.717, 1.165) is 0 Å². The average molecular weight is 133 g/mol. The summed E-state index contributed by atoms with van der Waals surface area (Å²) in [6.07, 6.45) is -1.34. The normalized spacial score (nSPS) is 17.9. The zero-order valence-electron chi connectivity index (χ0n) is 6.88. The van der Waals surface area contributed by atoms with Crippen molar-refractivity contribution in [2.45, 2.75) is 19.4 Å². The molecular weight excluding hydrogens is 120 g/mol. The van der Waals surface area contributed by atoms with Crippen molar-refractivity contribution in [3.05, 3.63) is 0 Å². The maximum absolute atomic E-state index is 10.6. The van der Waals surface area contributed by atoms with Crippen LogP contribution in [0.3, 0.4) is 0 Å². The van der Waals surface area contributed by atoms with E-state index in [-0.39, 0.29) is 0 Å². The van der Waals surface area contributed by atoms with E-state index in [2.05, 4.69) is 4.74 Å². The van der Waals surface area contributed by atoms with Crippen molar-refractivity contribution in [1.29, 1.82) is 0 Å².